The molecule has 0 amide bonds. The van der Waals surface area contributed by atoms with Crippen LogP contribution in [0.15, 0.2) is 28.7 Å². The summed E-state index contributed by atoms with van der Waals surface area (Å²) >= 11 is 3.53. The zero-order chi connectivity index (χ0) is 14.8. The van der Waals surface area contributed by atoms with E-state index in [-0.39, 0.29) is 0 Å². The van der Waals surface area contributed by atoms with Crippen LogP contribution >= 0.6 is 15.9 Å². The molecule has 0 fully saturated rings. The standard InChI is InChI=1S/C17H29BrN2/c1-3-4-5-6-7-11-17(13-19)20(2)14-15-9-8-10-16(18)12-15/h8-10,12,17H,3-7,11,13-14,19H2,1-2H3. The van der Waals surface area contributed by atoms with Crippen molar-refractivity contribution in [3.8, 4) is 0 Å². The second-order valence-electron chi connectivity index (χ2n) is 5.64. The van der Waals surface area contributed by atoms with E-state index < -0.39 is 0 Å². The van der Waals surface area contributed by atoms with Crippen molar-refractivity contribution >= 4 is 15.9 Å². The van der Waals surface area contributed by atoms with Gasteiger partial charge in [0.25, 0.3) is 0 Å². The van der Waals surface area contributed by atoms with E-state index in [1.807, 2.05) is 0 Å². The van der Waals surface area contributed by atoms with E-state index in [1.54, 1.807) is 0 Å². The highest BCUT2D eigenvalue weighted by molar-refractivity contribution is 9.10. The first-order chi connectivity index (χ1) is 9.67. The molecule has 0 saturated carbocycles. The monoisotopic (exact) mass is 340 g/mol. The molecular formula is C17H29BrN2. The van der Waals surface area contributed by atoms with Gasteiger partial charge in [-0.3, -0.25) is 4.90 Å². The normalized spacial score (nSPS) is 12.8. The Labute approximate surface area is 132 Å². The van der Waals surface area contributed by atoms with Crippen molar-refractivity contribution < 1.29 is 0 Å². The first-order valence-electron chi connectivity index (χ1n) is 7.82. The molecule has 2 nitrogen and oxygen atoms in total. The first-order valence-corrected chi connectivity index (χ1v) is 8.61. The minimum atomic E-state index is 0.496. The van der Waals surface area contributed by atoms with Gasteiger partial charge in [0.2, 0.25) is 0 Å². The fourth-order valence-corrected chi connectivity index (χ4v) is 3.00. The molecule has 1 aromatic carbocycles. The molecule has 1 aromatic rings. The highest BCUT2D eigenvalue weighted by atomic mass is 79.9. The van der Waals surface area contributed by atoms with Crippen molar-refractivity contribution in [2.24, 2.45) is 5.73 Å². The second kappa shape index (κ2) is 10.4. The van der Waals surface area contributed by atoms with Gasteiger partial charge in [-0.25, -0.2) is 0 Å². The van der Waals surface area contributed by atoms with Gasteiger partial charge in [0.05, 0.1) is 0 Å². The highest BCUT2D eigenvalue weighted by Gasteiger charge is 2.13. The lowest BCUT2D eigenvalue weighted by molar-refractivity contribution is 0.222. The van der Waals surface area contributed by atoms with E-state index in [0.29, 0.717) is 6.04 Å². The summed E-state index contributed by atoms with van der Waals surface area (Å²) in [4.78, 5) is 2.39. The van der Waals surface area contributed by atoms with Crippen LogP contribution < -0.4 is 5.73 Å². The Kier molecular flexibility index (Phi) is 9.16. The van der Waals surface area contributed by atoms with Crippen LogP contribution in [0, 0.1) is 0 Å². The number of nitrogens with two attached hydrogens (primary N) is 1. The topological polar surface area (TPSA) is 29.3 Å². The van der Waals surface area contributed by atoms with Crippen LogP contribution in [-0.4, -0.2) is 24.5 Å². The number of rotatable bonds is 10. The number of halogens is 1. The molecule has 0 saturated heterocycles. The second-order valence-corrected chi connectivity index (χ2v) is 6.55. The van der Waals surface area contributed by atoms with Gasteiger partial charge in [0.15, 0.2) is 0 Å². The summed E-state index contributed by atoms with van der Waals surface area (Å²) in [5.41, 5.74) is 7.29. The summed E-state index contributed by atoms with van der Waals surface area (Å²) in [6.07, 6.45) is 7.89. The molecule has 0 aromatic heterocycles. The lowest BCUT2D eigenvalue weighted by Gasteiger charge is -2.27. The summed E-state index contributed by atoms with van der Waals surface area (Å²) in [5, 5.41) is 0. The molecule has 0 heterocycles. The average Bonchev–Trinajstić information content (AvgIpc) is 2.42. The summed E-state index contributed by atoms with van der Waals surface area (Å²) in [6.45, 7) is 3.98. The average molecular weight is 341 g/mol. The SMILES string of the molecule is CCCCCCCC(CN)N(C)Cc1cccc(Br)c1. The Morgan fingerprint density at radius 3 is 2.60 bits per heavy atom. The van der Waals surface area contributed by atoms with Gasteiger partial charge in [-0.2, -0.15) is 0 Å². The maximum Gasteiger partial charge on any atom is 0.0234 e. The third kappa shape index (κ3) is 6.87. The zero-order valence-corrected chi connectivity index (χ0v) is 14.5. The van der Waals surface area contributed by atoms with Gasteiger partial charge in [-0.05, 0) is 31.2 Å². The molecule has 0 radical (unpaired) electrons. The summed E-state index contributed by atoms with van der Waals surface area (Å²) in [5.74, 6) is 0. The van der Waals surface area contributed by atoms with Crippen LogP contribution in [0.2, 0.25) is 0 Å². The lowest BCUT2D eigenvalue weighted by atomic mass is 10.0. The van der Waals surface area contributed by atoms with Crippen LogP contribution in [0.3, 0.4) is 0 Å². The first kappa shape index (κ1) is 17.7. The Bertz CT molecular complexity index is 368. The number of nitrogens with zero attached hydrogens (tertiary/aromatic N) is 1. The number of likely N-dealkylation sites (N-methyl/N-ethyl adjacent to an activating group) is 1. The van der Waals surface area contributed by atoms with Crippen molar-refractivity contribution in [3.05, 3.63) is 34.3 Å². The predicted octanol–water partition coefficient (Wildman–Crippen LogP) is 4.57. The Morgan fingerprint density at radius 2 is 1.95 bits per heavy atom. The minimum absolute atomic E-state index is 0.496. The fourth-order valence-electron chi connectivity index (χ4n) is 2.55. The molecule has 1 atom stereocenters. The maximum absolute atomic E-state index is 5.95. The summed E-state index contributed by atoms with van der Waals surface area (Å²) in [6, 6.07) is 9.02. The minimum Gasteiger partial charge on any atom is -0.329 e. The molecule has 2 N–H and O–H groups in total. The zero-order valence-electron chi connectivity index (χ0n) is 12.9. The van der Waals surface area contributed by atoms with E-state index in [9.17, 15) is 0 Å². The molecule has 1 rings (SSSR count). The van der Waals surface area contributed by atoms with E-state index in [1.165, 1.54) is 44.1 Å². The number of hydrogen-bond acceptors (Lipinski definition) is 2. The van der Waals surface area contributed by atoms with Gasteiger partial charge < -0.3 is 5.73 Å². The van der Waals surface area contributed by atoms with Crippen LogP contribution in [0.5, 0.6) is 0 Å². The lowest BCUT2D eigenvalue weighted by Crippen LogP contribution is -2.37. The maximum atomic E-state index is 5.95. The molecule has 3 heteroatoms. The van der Waals surface area contributed by atoms with Crippen LogP contribution in [-0.2, 0) is 6.54 Å². The fraction of sp³-hybridized carbons (Fsp3) is 0.647. The van der Waals surface area contributed by atoms with E-state index in [4.69, 9.17) is 5.73 Å². The quantitative estimate of drug-likeness (QED) is 0.632. The molecule has 0 spiro atoms. The van der Waals surface area contributed by atoms with Crippen molar-refractivity contribution in [2.45, 2.75) is 58.0 Å². The Balaban J connectivity index is 2.36. The Hall–Kier alpha value is -0.380. The van der Waals surface area contributed by atoms with Crippen LogP contribution in [0.4, 0.5) is 0 Å². The molecule has 0 aliphatic carbocycles. The van der Waals surface area contributed by atoms with Gasteiger partial charge >= 0.3 is 0 Å². The van der Waals surface area contributed by atoms with Crippen LogP contribution in [0.25, 0.3) is 0 Å². The molecule has 0 aliphatic rings. The summed E-state index contributed by atoms with van der Waals surface area (Å²) < 4.78 is 1.15. The highest BCUT2D eigenvalue weighted by Crippen LogP contribution is 2.16. The smallest absolute Gasteiger partial charge is 0.0234 e. The third-order valence-corrected chi connectivity index (χ3v) is 4.35. The number of benzene rings is 1. The van der Waals surface area contributed by atoms with Crippen molar-refractivity contribution in [2.75, 3.05) is 13.6 Å². The largest absolute Gasteiger partial charge is 0.329 e. The Morgan fingerprint density at radius 1 is 1.20 bits per heavy atom. The predicted molar refractivity (Wildman–Crippen MR) is 91.8 cm³/mol. The van der Waals surface area contributed by atoms with Crippen molar-refractivity contribution in [1.29, 1.82) is 0 Å². The number of unbranched alkanes of at least 4 members (excludes halogenated alkanes) is 4. The molecule has 0 bridgehead atoms. The van der Waals surface area contributed by atoms with E-state index >= 15 is 0 Å². The molecular weight excluding hydrogens is 312 g/mol. The van der Waals surface area contributed by atoms with E-state index in [2.05, 4.69) is 59.1 Å². The molecule has 0 aliphatic heterocycles. The van der Waals surface area contributed by atoms with Crippen molar-refractivity contribution in [1.82, 2.24) is 4.90 Å². The molecule has 1 unspecified atom stereocenters. The number of hydrogen-bond donors (Lipinski definition) is 1. The molecule has 20 heavy (non-hydrogen) atoms. The summed E-state index contributed by atoms with van der Waals surface area (Å²) in [7, 11) is 2.18. The van der Waals surface area contributed by atoms with E-state index in [0.717, 1.165) is 17.6 Å². The van der Waals surface area contributed by atoms with Gasteiger partial charge in [-0.15, -0.1) is 0 Å². The third-order valence-electron chi connectivity index (χ3n) is 3.86. The van der Waals surface area contributed by atoms with Crippen LogP contribution in [0.1, 0.15) is 51.0 Å². The van der Waals surface area contributed by atoms with Gasteiger partial charge in [0.1, 0.15) is 0 Å². The molecule has 114 valence electrons. The van der Waals surface area contributed by atoms with Crippen molar-refractivity contribution in [3.63, 3.8) is 0 Å². The van der Waals surface area contributed by atoms with Gasteiger partial charge in [-0.1, -0.05) is 67.1 Å². The van der Waals surface area contributed by atoms with Gasteiger partial charge in [0, 0.05) is 23.6 Å².